The minimum Gasteiger partial charge on any atom is -0.453 e. The lowest BCUT2D eigenvalue weighted by molar-refractivity contribution is 0.173. The lowest BCUT2D eigenvalue weighted by Crippen LogP contribution is -1.93. The molecule has 4 nitrogen and oxygen atoms in total. The van der Waals surface area contributed by atoms with Gasteiger partial charge in [0.05, 0.1) is 4.47 Å². The van der Waals surface area contributed by atoms with Crippen LogP contribution in [-0.4, -0.2) is 6.79 Å². The summed E-state index contributed by atoms with van der Waals surface area (Å²) in [5.41, 5.74) is 0.766. The highest BCUT2D eigenvalue weighted by atomic mass is 79.9. The molecule has 1 aromatic carbocycles. The van der Waals surface area contributed by atoms with E-state index in [9.17, 15) is 0 Å². The molecule has 0 amide bonds. The van der Waals surface area contributed by atoms with Gasteiger partial charge in [-0.05, 0) is 22.9 Å². The molecule has 0 spiro atoms. The van der Waals surface area contributed by atoms with Crippen molar-refractivity contribution in [2.45, 2.75) is 20.8 Å². The summed E-state index contributed by atoms with van der Waals surface area (Å²) in [6.07, 6.45) is 1.63. The first-order valence-electron chi connectivity index (χ1n) is 4.88. The molecule has 86 valence electrons. The predicted octanol–water partition coefficient (Wildman–Crippen LogP) is 3.37. The Hall–Kier alpha value is -1.41. The van der Waals surface area contributed by atoms with Crippen molar-refractivity contribution < 1.29 is 14.2 Å². The van der Waals surface area contributed by atoms with Gasteiger partial charge in [0.2, 0.25) is 6.79 Å². The average molecular weight is 286 g/mol. The molecule has 0 unspecified atom stereocenters. The van der Waals surface area contributed by atoms with Gasteiger partial charge in [0.1, 0.15) is 5.75 Å². The average Bonchev–Trinajstić information content (AvgIpc) is 2.78. The maximum Gasteiger partial charge on any atom is 0.292 e. The molecule has 1 aliphatic rings. The summed E-state index contributed by atoms with van der Waals surface area (Å²) in [6.45, 7) is 6.01. The van der Waals surface area contributed by atoms with E-state index in [1.807, 2.05) is 20.8 Å². The molecular weight excluding hydrogens is 274 g/mol. The molecule has 0 bridgehead atoms. The van der Waals surface area contributed by atoms with Gasteiger partial charge < -0.3 is 14.2 Å². The van der Waals surface area contributed by atoms with Gasteiger partial charge in [-0.3, -0.25) is 0 Å². The van der Waals surface area contributed by atoms with Crippen LogP contribution in [0.3, 0.4) is 0 Å². The van der Waals surface area contributed by atoms with E-state index in [1.54, 1.807) is 12.3 Å². The molecule has 1 aromatic rings. The highest BCUT2D eigenvalue weighted by Crippen LogP contribution is 2.45. The van der Waals surface area contributed by atoms with Crippen molar-refractivity contribution in [3.8, 4) is 23.5 Å². The molecular formula is C11H12BrNO3. The van der Waals surface area contributed by atoms with Gasteiger partial charge in [-0.1, -0.05) is 13.8 Å². The van der Waals surface area contributed by atoms with E-state index in [-0.39, 0.29) is 6.79 Å². The van der Waals surface area contributed by atoms with Gasteiger partial charge in [0.15, 0.2) is 11.5 Å². The second-order valence-corrected chi connectivity index (χ2v) is 3.59. The summed E-state index contributed by atoms with van der Waals surface area (Å²) in [5, 5.41) is 8.42. The first-order chi connectivity index (χ1) is 7.74. The standard InChI is InChI=1S/C9H6BrNO3.C2H6/c1-5-7(12-3-11)2-6(10)9-8(5)13-4-14-9;1-2/h2H,4H2,1H3;1-2H3. The van der Waals surface area contributed by atoms with E-state index in [0.717, 1.165) is 10.0 Å². The third-order valence-electron chi connectivity index (χ3n) is 1.95. The van der Waals surface area contributed by atoms with Gasteiger partial charge >= 0.3 is 0 Å². The minimum atomic E-state index is 0.199. The number of rotatable bonds is 1. The van der Waals surface area contributed by atoms with E-state index in [0.29, 0.717) is 17.2 Å². The van der Waals surface area contributed by atoms with E-state index in [1.165, 1.54) is 0 Å². The molecule has 0 atom stereocenters. The Morgan fingerprint density at radius 3 is 2.62 bits per heavy atom. The van der Waals surface area contributed by atoms with Gasteiger partial charge in [-0.25, -0.2) is 0 Å². The van der Waals surface area contributed by atoms with Crippen molar-refractivity contribution in [3.05, 3.63) is 16.1 Å². The lowest BCUT2D eigenvalue weighted by atomic mass is 10.2. The molecule has 0 radical (unpaired) electrons. The minimum absolute atomic E-state index is 0.199. The zero-order valence-corrected chi connectivity index (χ0v) is 10.9. The van der Waals surface area contributed by atoms with Gasteiger partial charge in [-0.15, -0.1) is 5.26 Å². The second kappa shape index (κ2) is 5.61. The molecule has 0 N–H and O–H groups in total. The van der Waals surface area contributed by atoms with Gasteiger partial charge in [0, 0.05) is 11.6 Å². The number of hydrogen-bond donors (Lipinski definition) is 0. The summed E-state index contributed by atoms with van der Waals surface area (Å²) in [4.78, 5) is 0. The monoisotopic (exact) mass is 285 g/mol. The zero-order valence-electron chi connectivity index (χ0n) is 9.33. The largest absolute Gasteiger partial charge is 0.453 e. The lowest BCUT2D eigenvalue weighted by Gasteiger charge is -2.06. The second-order valence-electron chi connectivity index (χ2n) is 2.74. The molecule has 16 heavy (non-hydrogen) atoms. The number of nitriles is 1. The van der Waals surface area contributed by atoms with Crippen LogP contribution in [0.4, 0.5) is 0 Å². The zero-order chi connectivity index (χ0) is 12.1. The molecule has 2 rings (SSSR count). The summed E-state index contributed by atoms with van der Waals surface area (Å²) in [5.74, 6) is 1.76. The van der Waals surface area contributed by atoms with Crippen LogP contribution in [0.2, 0.25) is 0 Å². The maximum atomic E-state index is 8.42. The number of fused-ring (bicyclic) bond motifs is 1. The number of hydrogen-bond acceptors (Lipinski definition) is 4. The van der Waals surface area contributed by atoms with Crippen molar-refractivity contribution in [2.24, 2.45) is 0 Å². The molecule has 0 saturated heterocycles. The fourth-order valence-corrected chi connectivity index (χ4v) is 1.79. The molecule has 0 aliphatic carbocycles. The summed E-state index contributed by atoms with van der Waals surface area (Å²) < 4.78 is 16.0. The van der Waals surface area contributed by atoms with Crippen LogP contribution in [0.5, 0.6) is 17.2 Å². The fourth-order valence-electron chi connectivity index (χ4n) is 1.29. The van der Waals surface area contributed by atoms with Crippen molar-refractivity contribution in [2.75, 3.05) is 6.79 Å². The molecule has 1 aliphatic heterocycles. The van der Waals surface area contributed by atoms with E-state index < -0.39 is 0 Å². The van der Waals surface area contributed by atoms with Crippen molar-refractivity contribution in [3.63, 3.8) is 0 Å². The number of halogens is 1. The quantitative estimate of drug-likeness (QED) is 0.743. The van der Waals surface area contributed by atoms with Crippen LogP contribution >= 0.6 is 15.9 Å². The van der Waals surface area contributed by atoms with Crippen LogP contribution in [0.25, 0.3) is 0 Å². The molecule has 1 heterocycles. The number of ether oxygens (including phenoxy) is 3. The van der Waals surface area contributed by atoms with Gasteiger partial charge in [0.25, 0.3) is 6.26 Å². The number of benzene rings is 1. The first kappa shape index (κ1) is 12.7. The Kier molecular flexibility index (Phi) is 4.44. The highest BCUT2D eigenvalue weighted by molar-refractivity contribution is 9.10. The Balaban J connectivity index is 0.000000606. The maximum absolute atomic E-state index is 8.42. The summed E-state index contributed by atoms with van der Waals surface area (Å²) in [7, 11) is 0. The van der Waals surface area contributed by atoms with Crippen molar-refractivity contribution >= 4 is 15.9 Å². The van der Waals surface area contributed by atoms with Gasteiger partial charge in [-0.2, -0.15) is 0 Å². The van der Waals surface area contributed by atoms with Crippen molar-refractivity contribution in [1.82, 2.24) is 0 Å². The van der Waals surface area contributed by atoms with Crippen LogP contribution in [-0.2, 0) is 0 Å². The third-order valence-corrected chi connectivity index (χ3v) is 2.54. The van der Waals surface area contributed by atoms with E-state index in [4.69, 9.17) is 19.5 Å². The smallest absolute Gasteiger partial charge is 0.292 e. The first-order valence-corrected chi connectivity index (χ1v) is 5.68. The normalized spacial score (nSPS) is 11.2. The number of nitrogens with zero attached hydrogens (tertiary/aromatic N) is 1. The van der Waals surface area contributed by atoms with E-state index >= 15 is 0 Å². The predicted molar refractivity (Wildman–Crippen MR) is 62.6 cm³/mol. The van der Waals surface area contributed by atoms with Crippen LogP contribution < -0.4 is 14.2 Å². The van der Waals surface area contributed by atoms with Crippen molar-refractivity contribution in [1.29, 1.82) is 5.26 Å². The van der Waals surface area contributed by atoms with E-state index in [2.05, 4.69) is 15.9 Å². The SMILES string of the molecule is CC.Cc1c(OC#N)cc(Br)c2c1OCO2. The van der Waals surface area contributed by atoms with Crippen LogP contribution in [0, 0.1) is 18.4 Å². The third kappa shape index (κ3) is 2.22. The Labute approximate surface area is 103 Å². The Bertz CT molecular complexity index is 426. The summed E-state index contributed by atoms with van der Waals surface area (Å²) >= 11 is 3.31. The fraction of sp³-hybridized carbons (Fsp3) is 0.364. The van der Waals surface area contributed by atoms with Crippen LogP contribution in [0.1, 0.15) is 19.4 Å². The van der Waals surface area contributed by atoms with Crippen LogP contribution in [0.15, 0.2) is 10.5 Å². The highest BCUT2D eigenvalue weighted by Gasteiger charge is 2.22. The topological polar surface area (TPSA) is 51.5 Å². The molecule has 0 aromatic heterocycles. The summed E-state index contributed by atoms with van der Waals surface area (Å²) in [6, 6.07) is 1.69. The molecule has 0 saturated carbocycles. The Morgan fingerprint density at radius 2 is 2.00 bits per heavy atom. The molecule has 5 heteroatoms. The molecule has 0 fully saturated rings. The Morgan fingerprint density at radius 1 is 1.38 bits per heavy atom.